The van der Waals surface area contributed by atoms with Crippen LogP contribution in [0, 0.1) is 0 Å². The van der Waals surface area contributed by atoms with E-state index in [1.165, 1.54) is 7.11 Å². The van der Waals surface area contributed by atoms with Crippen molar-refractivity contribution >= 4 is 12.3 Å². The second-order valence-electron chi connectivity index (χ2n) is 3.35. The SMILES string of the molecule is COc1cc(C=O)ccc1OCCCC(=O)[O-]. The van der Waals surface area contributed by atoms with Crippen LogP contribution in [0.2, 0.25) is 0 Å². The molecule has 0 amide bonds. The number of ether oxygens (including phenoxy) is 2. The molecular weight excluding hydrogens is 224 g/mol. The lowest BCUT2D eigenvalue weighted by atomic mass is 10.2. The molecule has 0 aliphatic rings. The molecule has 0 aromatic heterocycles. The largest absolute Gasteiger partial charge is 0.550 e. The summed E-state index contributed by atoms with van der Waals surface area (Å²) in [7, 11) is 1.47. The van der Waals surface area contributed by atoms with Gasteiger partial charge in [-0.1, -0.05) is 0 Å². The van der Waals surface area contributed by atoms with E-state index >= 15 is 0 Å². The Bertz CT molecular complexity index is 400. The first-order valence-electron chi connectivity index (χ1n) is 5.13. The summed E-state index contributed by atoms with van der Waals surface area (Å²) in [5.41, 5.74) is 0.490. The van der Waals surface area contributed by atoms with Crippen LogP contribution < -0.4 is 14.6 Å². The van der Waals surface area contributed by atoms with Crippen molar-refractivity contribution in [1.82, 2.24) is 0 Å². The number of rotatable bonds is 7. The van der Waals surface area contributed by atoms with Gasteiger partial charge in [-0.3, -0.25) is 4.79 Å². The van der Waals surface area contributed by atoms with E-state index < -0.39 is 5.97 Å². The number of hydrogen-bond donors (Lipinski definition) is 0. The molecule has 0 saturated carbocycles. The number of methoxy groups -OCH3 is 1. The Labute approximate surface area is 99.0 Å². The number of carbonyl (C=O) groups excluding carboxylic acids is 2. The molecule has 1 rings (SSSR count). The Morgan fingerprint density at radius 2 is 2.18 bits per heavy atom. The van der Waals surface area contributed by atoms with Gasteiger partial charge < -0.3 is 19.4 Å². The lowest BCUT2D eigenvalue weighted by Gasteiger charge is -2.11. The predicted octanol–water partition coefficient (Wildman–Crippen LogP) is 0.417. The Balaban J connectivity index is 2.58. The summed E-state index contributed by atoms with van der Waals surface area (Å²) in [5, 5.41) is 10.2. The molecule has 0 fully saturated rings. The van der Waals surface area contributed by atoms with Crippen molar-refractivity contribution in [1.29, 1.82) is 0 Å². The van der Waals surface area contributed by atoms with E-state index in [0.29, 0.717) is 29.8 Å². The second kappa shape index (κ2) is 6.52. The van der Waals surface area contributed by atoms with E-state index in [1.54, 1.807) is 18.2 Å². The van der Waals surface area contributed by atoms with Gasteiger partial charge >= 0.3 is 0 Å². The molecule has 1 aromatic rings. The Kier molecular flexibility index (Phi) is 5.00. The van der Waals surface area contributed by atoms with Crippen molar-refractivity contribution in [3.63, 3.8) is 0 Å². The Hall–Kier alpha value is -2.04. The predicted molar refractivity (Wildman–Crippen MR) is 58.1 cm³/mol. The fourth-order valence-corrected chi connectivity index (χ4v) is 1.28. The molecule has 0 atom stereocenters. The highest BCUT2D eigenvalue weighted by Crippen LogP contribution is 2.27. The standard InChI is InChI=1S/C12H14O5/c1-16-11-7-9(8-13)4-5-10(11)17-6-2-3-12(14)15/h4-5,7-8H,2-3,6H2,1H3,(H,14,15)/p-1. The minimum atomic E-state index is -1.10. The summed E-state index contributed by atoms with van der Waals surface area (Å²) in [4.78, 5) is 20.7. The molecule has 17 heavy (non-hydrogen) atoms. The lowest BCUT2D eigenvalue weighted by Crippen LogP contribution is -2.22. The van der Waals surface area contributed by atoms with Crippen molar-refractivity contribution in [2.24, 2.45) is 0 Å². The summed E-state index contributed by atoms with van der Waals surface area (Å²) in [6, 6.07) is 4.77. The third-order valence-electron chi connectivity index (χ3n) is 2.11. The summed E-state index contributed by atoms with van der Waals surface area (Å²) < 4.78 is 10.4. The molecule has 0 aliphatic carbocycles. The van der Waals surface area contributed by atoms with Crippen LogP contribution in [0.1, 0.15) is 23.2 Å². The highest BCUT2D eigenvalue weighted by Gasteiger charge is 2.05. The van der Waals surface area contributed by atoms with E-state index in [2.05, 4.69) is 0 Å². The maximum absolute atomic E-state index is 10.6. The van der Waals surface area contributed by atoms with Crippen LogP contribution >= 0.6 is 0 Å². The first-order chi connectivity index (χ1) is 8.17. The maximum atomic E-state index is 10.6. The van der Waals surface area contributed by atoms with Gasteiger partial charge in [-0.2, -0.15) is 0 Å². The van der Waals surface area contributed by atoms with Crippen LogP contribution in [0.4, 0.5) is 0 Å². The molecule has 0 aliphatic heterocycles. The van der Waals surface area contributed by atoms with Gasteiger partial charge in [0.1, 0.15) is 6.29 Å². The van der Waals surface area contributed by atoms with Crippen LogP contribution in [-0.2, 0) is 4.79 Å². The third kappa shape index (κ3) is 4.14. The van der Waals surface area contributed by atoms with Gasteiger partial charge in [-0.15, -0.1) is 0 Å². The van der Waals surface area contributed by atoms with Crippen molar-refractivity contribution in [2.75, 3.05) is 13.7 Å². The fraction of sp³-hybridized carbons (Fsp3) is 0.333. The van der Waals surface area contributed by atoms with Gasteiger partial charge in [-0.25, -0.2) is 0 Å². The van der Waals surface area contributed by atoms with Crippen molar-refractivity contribution in [3.8, 4) is 11.5 Å². The fourth-order valence-electron chi connectivity index (χ4n) is 1.28. The van der Waals surface area contributed by atoms with Crippen molar-refractivity contribution in [2.45, 2.75) is 12.8 Å². The molecule has 0 spiro atoms. The normalized spacial score (nSPS) is 9.71. The molecule has 0 bridgehead atoms. The van der Waals surface area contributed by atoms with Crippen LogP contribution in [0.3, 0.4) is 0 Å². The quantitative estimate of drug-likeness (QED) is 0.507. The van der Waals surface area contributed by atoms with E-state index in [4.69, 9.17) is 9.47 Å². The average molecular weight is 237 g/mol. The Morgan fingerprint density at radius 3 is 2.76 bits per heavy atom. The first kappa shape index (κ1) is 13.0. The zero-order chi connectivity index (χ0) is 12.7. The summed E-state index contributed by atoms with van der Waals surface area (Å²) in [6.45, 7) is 0.255. The highest BCUT2D eigenvalue weighted by molar-refractivity contribution is 5.76. The van der Waals surface area contributed by atoms with E-state index in [9.17, 15) is 14.7 Å². The molecule has 0 N–H and O–H groups in total. The third-order valence-corrected chi connectivity index (χ3v) is 2.11. The van der Waals surface area contributed by atoms with Gasteiger partial charge in [0, 0.05) is 11.5 Å². The number of aliphatic carboxylic acids is 1. The summed E-state index contributed by atoms with van der Waals surface area (Å²) in [6.07, 6.45) is 1.03. The molecule has 0 unspecified atom stereocenters. The first-order valence-corrected chi connectivity index (χ1v) is 5.13. The van der Waals surface area contributed by atoms with Crippen LogP contribution in [0.15, 0.2) is 18.2 Å². The molecule has 5 heteroatoms. The molecular formula is C12H13O5-. The van der Waals surface area contributed by atoms with Gasteiger partial charge in [0.15, 0.2) is 11.5 Å². The number of carboxylic acid groups (broad SMARTS) is 1. The van der Waals surface area contributed by atoms with E-state index in [-0.39, 0.29) is 13.0 Å². The van der Waals surface area contributed by atoms with Gasteiger partial charge in [-0.05, 0) is 31.0 Å². The van der Waals surface area contributed by atoms with Crippen molar-refractivity contribution in [3.05, 3.63) is 23.8 Å². The van der Waals surface area contributed by atoms with Gasteiger partial charge in [0.25, 0.3) is 0 Å². The molecule has 1 aromatic carbocycles. The second-order valence-corrected chi connectivity index (χ2v) is 3.35. The lowest BCUT2D eigenvalue weighted by molar-refractivity contribution is -0.305. The van der Waals surface area contributed by atoms with Crippen molar-refractivity contribution < 1.29 is 24.2 Å². The maximum Gasteiger partial charge on any atom is 0.161 e. The molecule has 92 valence electrons. The minimum Gasteiger partial charge on any atom is -0.550 e. The van der Waals surface area contributed by atoms with E-state index in [1.807, 2.05) is 0 Å². The zero-order valence-corrected chi connectivity index (χ0v) is 9.47. The number of benzene rings is 1. The summed E-state index contributed by atoms with van der Waals surface area (Å²) in [5.74, 6) is -0.170. The van der Waals surface area contributed by atoms with E-state index in [0.717, 1.165) is 0 Å². The highest BCUT2D eigenvalue weighted by atomic mass is 16.5. The number of carbonyl (C=O) groups is 2. The summed E-state index contributed by atoms with van der Waals surface area (Å²) >= 11 is 0. The molecule has 5 nitrogen and oxygen atoms in total. The monoisotopic (exact) mass is 237 g/mol. The number of aldehydes is 1. The van der Waals surface area contributed by atoms with Crippen LogP contribution in [-0.4, -0.2) is 26.0 Å². The number of hydrogen-bond acceptors (Lipinski definition) is 5. The smallest absolute Gasteiger partial charge is 0.161 e. The minimum absolute atomic E-state index is 0.0469. The van der Waals surface area contributed by atoms with Crippen LogP contribution in [0.5, 0.6) is 11.5 Å². The molecule has 0 radical (unpaired) electrons. The average Bonchev–Trinajstić information content (AvgIpc) is 2.34. The Morgan fingerprint density at radius 1 is 1.41 bits per heavy atom. The van der Waals surface area contributed by atoms with Gasteiger partial charge in [0.2, 0.25) is 0 Å². The van der Waals surface area contributed by atoms with Gasteiger partial charge in [0.05, 0.1) is 13.7 Å². The molecule has 0 saturated heterocycles. The van der Waals surface area contributed by atoms with Crippen LogP contribution in [0.25, 0.3) is 0 Å². The topological polar surface area (TPSA) is 75.7 Å². The molecule has 0 heterocycles. The zero-order valence-electron chi connectivity index (χ0n) is 9.47. The number of carboxylic acids is 1.